The zero-order chi connectivity index (χ0) is 14.7. The van der Waals surface area contributed by atoms with Gasteiger partial charge in [-0.1, -0.05) is 6.42 Å². The maximum Gasteiger partial charge on any atom is 0.226 e. The lowest BCUT2D eigenvalue weighted by atomic mass is 9.92. The summed E-state index contributed by atoms with van der Waals surface area (Å²) in [5.74, 6) is 0.638. The van der Waals surface area contributed by atoms with Crippen LogP contribution in [0.3, 0.4) is 0 Å². The Balaban J connectivity index is 1.45. The molecule has 0 aromatic carbocycles. The van der Waals surface area contributed by atoms with Gasteiger partial charge in [-0.25, -0.2) is 0 Å². The van der Waals surface area contributed by atoms with Gasteiger partial charge in [0.2, 0.25) is 5.91 Å². The minimum atomic E-state index is 0.229. The zero-order valence-electron chi connectivity index (χ0n) is 13.5. The number of hydrogen-bond donors (Lipinski definition) is 1. The van der Waals surface area contributed by atoms with Crippen LogP contribution in [0, 0.1) is 5.92 Å². The topological polar surface area (TPSA) is 35.6 Å². The largest absolute Gasteiger partial charge is 0.342 e. The van der Waals surface area contributed by atoms with Crippen molar-refractivity contribution in [2.45, 2.75) is 64.0 Å². The van der Waals surface area contributed by atoms with Crippen molar-refractivity contribution < 1.29 is 4.79 Å². The molecule has 0 aromatic heterocycles. The molecule has 4 nitrogen and oxygen atoms in total. The molecule has 0 aliphatic carbocycles. The molecule has 3 rings (SSSR count). The molecule has 4 heteroatoms. The summed E-state index contributed by atoms with van der Waals surface area (Å²) < 4.78 is 0. The molecule has 21 heavy (non-hydrogen) atoms. The second-order valence-corrected chi connectivity index (χ2v) is 7.24. The molecule has 3 aliphatic rings. The second-order valence-electron chi connectivity index (χ2n) is 7.24. The molecular formula is C17H31N3O. The van der Waals surface area contributed by atoms with Crippen LogP contribution in [0.1, 0.15) is 51.9 Å². The van der Waals surface area contributed by atoms with Gasteiger partial charge in [0, 0.05) is 31.7 Å². The highest BCUT2D eigenvalue weighted by molar-refractivity contribution is 5.79. The molecule has 1 N–H and O–H groups in total. The highest BCUT2D eigenvalue weighted by Crippen LogP contribution is 2.23. The van der Waals surface area contributed by atoms with Crippen LogP contribution in [-0.2, 0) is 4.79 Å². The van der Waals surface area contributed by atoms with Gasteiger partial charge in [-0.05, 0) is 58.5 Å². The molecule has 0 saturated carbocycles. The molecule has 0 aromatic rings. The van der Waals surface area contributed by atoms with E-state index < -0.39 is 0 Å². The van der Waals surface area contributed by atoms with Gasteiger partial charge in [-0.15, -0.1) is 0 Å². The first-order valence-electron chi connectivity index (χ1n) is 9.00. The van der Waals surface area contributed by atoms with Crippen molar-refractivity contribution >= 4 is 5.91 Å². The van der Waals surface area contributed by atoms with E-state index in [0.717, 1.165) is 38.5 Å². The number of amides is 1. The van der Waals surface area contributed by atoms with E-state index >= 15 is 0 Å². The Bertz CT molecular complexity index is 338. The van der Waals surface area contributed by atoms with Crippen LogP contribution >= 0.6 is 0 Å². The lowest BCUT2D eigenvalue weighted by molar-refractivity contribution is -0.137. The van der Waals surface area contributed by atoms with Crippen molar-refractivity contribution in [1.29, 1.82) is 0 Å². The zero-order valence-corrected chi connectivity index (χ0v) is 13.5. The number of rotatable bonds is 2. The molecule has 1 amide bonds. The Hall–Kier alpha value is -0.610. The number of nitrogens with zero attached hydrogens (tertiary/aromatic N) is 2. The SMILES string of the molecule is CC1CCC(C(=O)N2CCC(N3CCCCC3)CC2)CN1. The third-order valence-corrected chi connectivity index (χ3v) is 5.69. The maximum atomic E-state index is 12.6. The van der Waals surface area contributed by atoms with E-state index in [1.54, 1.807) is 0 Å². The minimum absolute atomic E-state index is 0.229. The van der Waals surface area contributed by atoms with Gasteiger partial charge in [-0.3, -0.25) is 4.79 Å². The average Bonchev–Trinajstić information content (AvgIpc) is 2.56. The molecular weight excluding hydrogens is 262 g/mol. The van der Waals surface area contributed by atoms with Crippen LogP contribution in [0.4, 0.5) is 0 Å². The third-order valence-electron chi connectivity index (χ3n) is 5.69. The van der Waals surface area contributed by atoms with E-state index in [4.69, 9.17) is 0 Å². The van der Waals surface area contributed by atoms with Gasteiger partial charge >= 0.3 is 0 Å². The van der Waals surface area contributed by atoms with E-state index in [0.29, 0.717) is 11.9 Å². The first kappa shape index (κ1) is 15.3. The van der Waals surface area contributed by atoms with E-state index in [9.17, 15) is 4.79 Å². The molecule has 120 valence electrons. The molecule has 3 saturated heterocycles. The highest BCUT2D eigenvalue weighted by atomic mass is 16.2. The van der Waals surface area contributed by atoms with Crippen molar-refractivity contribution in [3.8, 4) is 0 Å². The predicted octanol–water partition coefficient (Wildman–Crippen LogP) is 1.85. The van der Waals surface area contributed by atoms with E-state index in [2.05, 4.69) is 22.0 Å². The molecule has 0 spiro atoms. The molecule has 3 heterocycles. The van der Waals surface area contributed by atoms with Crippen molar-refractivity contribution in [3.63, 3.8) is 0 Å². The quantitative estimate of drug-likeness (QED) is 0.844. The average molecular weight is 293 g/mol. The number of carbonyl (C=O) groups is 1. The van der Waals surface area contributed by atoms with Crippen LogP contribution in [-0.4, -0.2) is 60.5 Å². The lowest BCUT2D eigenvalue weighted by Crippen LogP contribution is -2.51. The fourth-order valence-electron chi connectivity index (χ4n) is 4.20. The Morgan fingerprint density at radius 2 is 1.67 bits per heavy atom. The summed E-state index contributed by atoms with van der Waals surface area (Å²) in [5.41, 5.74) is 0. The van der Waals surface area contributed by atoms with Gasteiger partial charge in [-0.2, -0.15) is 0 Å². The Morgan fingerprint density at radius 1 is 0.952 bits per heavy atom. The summed E-state index contributed by atoms with van der Waals surface area (Å²) in [5, 5.41) is 3.46. The summed E-state index contributed by atoms with van der Waals surface area (Å²) in [6.07, 6.45) is 8.71. The van der Waals surface area contributed by atoms with Gasteiger partial charge < -0.3 is 15.1 Å². The van der Waals surface area contributed by atoms with Crippen molar-refractivity contribution in [1.82, 2.24) is 15.1 Å². The summed E-state index contributed by atoms with van der Waals surface area (Å²) in [4.78, 5) is 17.4. The Morgan fingerprint density at radius 3 is 2.29 bits per heavy atom. The molecule has 0 bridgehead atoms. The van der Waals surface area contributed by atoms with Crippen LogP contribution < -0.4 is 5.32 Å². The molecule has 3 fully saturated rings. The van der Waals surface area contributed by atoms with Gasteiger partial charge in [0.1, 0.15) is 0 Å². The Labute approximate surface area is 129 Å². The summed E-state index contributed by atoms with van der Waals surface area (Å²) in [7, 11) is 0. The van der Waals surface area contributed by atoms with Gasteiger partial charge in [0.15, 0.2) is 0 Å². The van der Waals surface area contributed by atoms with Crippen LogP contribution in [0.5, 0.6) is 0 Å². The maximum absolute atomic E-state index is 12.6. The van der Waals surface area contributed by atoms with E-state index in [1.807, 2.05) is 0 Å². The van der Waals surface area contributed by atoms with Crippen molar-refractivity contribution in [2.24, 2.45) is 5.92 Å². The first-order chi connectivity index (χ1) is 10.2. The van der Waals surface area contributed by atoms with Crippen molar-refractivity contribution in [3.05, 3.63) is 0 Å². The number of carbonyl (C=O) groups excluding carboxylic acids is 1. The van der Waals surface area contributed by atoms with Crippen LogP contribution in [0.15, 0.2) is 0 Å². The number of likely N-dealkylation sites (tertiary alicyclic amines) is 2. The third kappa shape index (κ3) is 3.78. The van der Waals surface area contributed by atoms with E-state index in [-0.39, 0.29) is 5.92 Å². The summed E-state index contributed by atoms with van der Waals surface area (Å²) >= 11 is 0. The molecule has 3 aliphatic heterocycles. The molecule has 0 radical (unpaired) electrons. The number of nitrogens with one attached hydrogen (secondary N) is 1. The number of hydrogen-bond acceptors (Lipinski definition) is 3. The minimum Gasteiger partial charge on any atom is -0.342 e. The fourth-order valence-corrected chi connectivity index (χ4v) is 4.20. The lowest BCUT2D eigenvalue weighted by Gasteiger charge is -2.41. The van der Waals surface area contributed by atoms with Gasteiger partial charge in [0.05, 0.1) is 5.92 Å². The van der Waals surface area contributed by atoms with E-state index in [1.165, 1.54) is 45.2 Å². The normalized spacial score (nSPS) is 33.1. The standard InChI is InChI=1S/C17H31N3O/c1-14-5-6-15(13-18-14)17(21)20-11-7-16(8-12-20)19-9-3-2-4-10-19/h14-16,18H,2-13H2,1H3. The highest BCUT2D eigenvalue weighted by Gasteiger charge is 2.32. The smallest absolute Gasteiger partial charge is 0.226 e. The number of piperidine rings is 3. The monoisotopic (exact) mass is 293 g/mol. The fraction of sp³-hybridized carbons (Fsp3) is 0.941. The molecule has 2 atom stereocenters. The summed E-state index contributed by atoms with van der Waals surface area (Å²) in [6, 6.07) is 1.32. The predicted molar refractivity (Wildman–Crippen MR) is 85.2 cm³/mol. The summed E-state index contributed by atoms with van der Waals surface area (Å²) in [6.45, 7) is 7.61. The van der Waals surface area contributed by atoms with Crippen LogP contribution in [0.25, 0.3) is 0 Å². The first-order valence-corrected chi connectivity index (χ1v) is 9.00. The van der Waals surface area contributed by atoms with Crippen molar-refractivity contribution in [2.75, 3.05) is 32.7 Å². The van der Waals surface area contributed by atoms with Gasteiger partial charge in [0.25, 0.3) is 0 Å². The van der Waals surface area contributed by atoms with Crippen LogP contribution in [0.2, 0.25) is 0 Å². The molecule has 2 unspecified atom stereocenters. The Kier molecular flexibility index (Phi) is 5.17. The second kappa shape index (κ2) is 7.10.